The van der Waals surface area contributed by atoms with Crippen LogP contribution in [0.2, 0.25) is 0 Å². The van der Waals surface area contributed by atoms with Gasteiger partial charge in [0.25, 0.3) is 5.91 Å². The highest BCUT2D eigenvalue weighted by atomic mass is 32.1. The second-order valence-electron chi connectivity index (χ2n) is 8.16. The highest BCUT2D eigenvalue weighted by Gasteiger charge is 2.41. The molecule has 0 aliphatic carbocycles. The number of halogens is 2. The number of hydrogen-bond donors (Lipinski definition) is 3. The van der Waals surface area contributed by atoms with E-state index in [1.807, 2.05) is 6.92 Å². The van der Waals surface area contributed by atoms with Crippen LogP contribution in [0.25, 0.3) is 10.6 Å². The Morgan fingerprint density at radius 2 is 2.17 bits per heavy atom. The summed E-state index contributed by atoms with van der Waals surface area (Å²) in [5, 5.41) is 22.3. The summed E-state index contributed by atoms with van der Waals surface area (Å²) in [6, 6.07) is 3.25. The summed E-state index contributed by atoms with van der Waals surface area (Å²) in [6.07, 6.45) is 2.78. The van der Waals surface area contributed by atoms with E-state index in [0.717, 1.165) is 29.9 Å². The number of carbonyl (C=O) groups excluding carboxylic acids is 1. The smallest absolute Gasteiger partial charge is 0.275 e. The summed E-state index contributed by atoms with van der Waals surface area (Å²) in [5.41, 5.74) is -1.52. The van der Waals surface area contributed by atoms with Gasteiger partial charge >= 0.3 is 0 Å². The molecule has 12 heteroatoms. The average Bonchev–Trinajstić information content (AvgIpc) is 3.31. The fourth-order valence-electron chi connectivity index (χ4n) is 4.20. The quantitative estimate of drug-likeness (QED) is 0.422. The summed E-state index contributed by atoms with van der Waals surface area (Å²) in [6.45, 7) is 3.02. The number of pyridine rings is 1. The first-order valence-electron chi connectivity index (χ1n) is 11.1. The Hall–Kier alpha value is -3.22. The molecular formula is C23H25F2N5O4S. The Labute approximate surface area is 203 Å². The molecule has 1 fully saturated rings. The number of nitrogens with zero attached hydrogens (tertiary/aromatic N) is 3. The summed E-state index contributed by atoms with van der Waals surface area (Å²) < 4.78 is 32.7. The molecule has 1 atom stereocenters. The van der Waals surface area contributed by atoms with Gasteiger partial charge in [0.1, 0.15) is 22.3 Å². The fraction of sp³-hybridized carbons (Fsp3) is 0.391. The van der Waals surface area contributed by atoms with Gasteiger partial charge in [-0.2, -0.15) is 0 Å². The third kappa shape index (κ3) is 4.81. The van der Waals surface area contributed by atoms with E-state index in [4.69, 9.17) is 4.74 Å². The number of carbonyl (C=O) groups is 1. The molecule has 4 rings (SSSR count). The van der Waals surface area contributed by atoms with Gasteiger partial charge in [-0.3, -0.25) is 14.9 Å². The molecule has 35 heavy (non-hydrogen) atoms. The Morgan fingerprint density at radius 3 is 2.83 bits per heavy atom. The molecule has 1 aromatic carbocycles. The van der Waals surface area contributed by atoms with E-state index in [-0.39, 0.29) is 34.9 Å². The van der Waals surface area contributed by atoms with E-state index in [9.17, 15) is 23.5 Å². The van der Waals surface area contributed by atoms with Crippen LogP contribution in [-0.4, -0.2) is 63.6 Å². The number of likely N-dealkylation sites (N-methyl/N-ethyl adjacent to an activating group) is 2. The van der Waals surface area contributed by atoms with E-state index in [0.29, 0.717) is 24.6 Å². The third-order valence-corrected chi connectivity index (χ3v) is 7.05. The van der Waals surface area contributed by atoms with Crippen molar-refractivity contribution in [2.45, 2.75) is 31.8 Å². The van der Waals surface area contributed by atoms with Gasteiger partial charge in [-0.15, -0.1) is 10.2 Å². The maximum atomic E-state index is 14.0. The number of aromatic amines is 1. The number of hydrogen-bond acceptors (Lipinski definition) is 8. The Balaban J connectivity index is 1.60. The van der Waals surface area contributed by atoms with Crippen molar-refractivity contribution in [3.63, 3.8) is 0 Å². The molecule has 2 aromatic heterocycles. The number of H-pyrrole nitrogens is 1. The van der Waals surface area contributed by atoms with Gasteiger partial charge in [-0.25, -0.2) is 8.78 Å². The van der Waals surface area contributed by atoms with Crippen LogP contribution in [0.15, 0.2) is 29.2 Å². The molecule has 3 N–H and O–H groups in total. The highest BCUT2D eigenvalue weighted by Crippen LogP contribution is 2.28. The molecule has 0 radical (unpaired) electrons. The SMILES string of the molecule is CCN(C(=O)c1[nH]cc(-c2nnc(Cc3ccc(F)cc3F)s2)c(=O)c1O)C1(NC)CCCOC1. The molecule has 3 aromatic rings. The number of nitrogens with one attached hydrogen (secondary N) is 2. The van der Waals surface area contributed by atoms with Crippen molar-refractivity contribution in [1.29, 1.82) is 0 Å². The fourth-order valence-corrected chi connectivity index (χ4v) is 5.08. The van der Waals surface area contributed by atoms with Crippen molar-refractivity contribution in [3.8, 4) is 16.3 Å². The second-order valence-corrected chi connectivity index (χ2v) is 9.22. The van der Waals surface area contributed by atoms with Crippen LogP contribution in [0.3, 0.4) is 0 Å². The summed E-state index contributed by atoms with van der Waals surface area (Å²) in [5.74, 6) is -2.66. The second kappa shape index (κ2) is 10.2. The first-order valence-corrected chi connectivity index (χ1v) is 11.9. The Bertz CT molecular complexity index is 1290. The van der Waals surface area contributed by atoms with Crippen LogP contribution in [0, 0.1) is 11.6 Å². The standard InChI is InChI=1S/C23H25F2N5O4S/c1-3-30(23(26-2)7-4-8-34-12-23)22(33)18-20(32)19(31)15(11-27-18)21-29-28-17(35-21)9-13-5-6-14(24)10-16(13)25/h5-6,10-11,26,32H,3-4,7-9,12H2,1-2H3,(H,27,31). The van der Waals surface area contributed by atoms with Gasteiger partial charge in [0.05, 0.1) is 12.2 Å². The predicted molar refractivity (Wildman–Crippen MR) is 125 cm³/mol. The maximum Gasteiger partial charge on any atom is 0.275 e. The van der Waals surface area contributed by atoms with Crippen LogP contribution >= 0.6 is 11.3 Å². The molecule has 1 amide bonds. The largest absolute Gasteiger partial charge is 0.503 e. The zero-order valence-electron chi connectivity index (χ0n) is 19.2. The number of aromatic hydroxyl groups is 1. The summed E-state index contributed by atoms with van der Waals surface area (Å²) in [7, 11) is 1.74. The molecule has 1 aliphatic heterocycles. The minimum Gasteiger partial charge on any atom is -0.503 e. The lowest BCUT2D eigenvalue weighted by Gasteiger charge is -2.45. The lowest BCUT2D eigenvalue weighted by Crippen LogP contribution is -2.64. The van der Waals surface area contributed by atoms with Crippen LogP contribution in [-0.2, 0) is 11.2 Å². The first kappa shape index (κ1) is 24.9. The van der Waals surface area contributed by atoms with E-state index in [1.165, 1.54) is 17.2 Å². The minimum atomic E-state index is -0.780. The van der Waals surface area contributed by atoms with Crippen LogP contribution < -0.4 is 10.7 Å². The molecule has 1 saturated heterocycles. The molecule has 0 spiro atoms. The minimum absolute atomic E-state index is 0.0229. The molecule has 1 aliphatic rings. The van der Waals surface area contributed by atoms with E-state index in [2.05, 4.69) is 20.5 Å². The summed E-state index contributed by atoms with van der Waals surface area (Å²) >= 11 is 1.03. The molecule has 186 valence electrons. The monoisotopic (exact) mass is 505 g/mol. The molecule has 3 heterocycles. The predicted octanol–water partition coefficient (Wildman–Crippen LogP) is 2.66. The van der Waals surface area contributed by atoms with Crippen LogP contribution in [0.4, 0.5) is 8.78 Å². The lowest BCUT2D eigenvalue weighted by atomic mass is 9.99. The van der Waals surface area contributed by atoms with E-state index < -0.39 is 34.4 Å². The van der Waals surface area contributed by atoms with Crippen molar-refractivity contribution in [1.82, 2.24) is 25.4 Å². The number of rotatable bonds is 7. The average molecular weight is 506 g/mol. The summed E-state index contributed by atoms with van der Waals surface area (Å²) in [4.78, 5) is 30.6. The molecular weight excluding hydrogens is 480 g/mol. The van der Waals surface area contributed by atoms with Gasteiger partial charge in [-0.05, 0) is 38.4 Å². The third-order valence-electron chi connectivity index (χ3n) is 6.09. The highest BCUT2D eigenvalue weighted by molar-refractivity contribution is 7.14. The van der Waals surface area contributed by atoms with Gasteiger partial charge < -0.3 is 19.7 Å². The first-order chi connectivity index (χ1) is 16.8. The van der Waals surface area contributed by atoms with Crippen molar-refractivity contribution in [2.24, 2.45) is 0 Å². The molecule has 0 saturated carbocycles. The van der Waals surface area contributed by atoms with Crippen molar-refractivity contribution in [3.05, 3.63) is 62.5 Å². The number of aromatic nitrogens is 3. The zero-order valence-corrected chi connectivity index (χ0v) is 20.0. The topological polar surface area (TPSA) is 120 Å². The van der Waals surface area contributed by atoms with Crippen molar-refractivity contribution >= 4 is 17.2 Å². The van der Waals surface area contributed by atoms with E-state index >= 15 is 0 Å². The lowest BCUT2D eigenvalue weighted by molar-refractivity contribution is -0.0510. The molecule has 9 nitrogen and oxygen atoms in total. The number of benzene rings is 1. The Morgan fingerprint density at radius 1 is 1.37 bits per heavy atom. The van der Waals surface area contributed by atoms with Gasteiger partial charge in [0.15, 0.2) is 16.5 Å². The zero-order chi connectivity index (χ0) is 25.2. The maximum absolute atomic E-state index is 14.0. The normalized spacial score (nSPS) is 17.9. The van der Waals surface area contributed by atoms with E-state index in [1.54, 1.807) is 7.05 Å². The van der Waals surface area contributed by atoms with Crippen LogP contribution in [0.1, 0.15) is 40.8 Å². The number of ether oxygens (including phenoxy) is 1. The van der Waals surface area contributed by atoms with Crippen molar-refractivity contribution < 1.29 is 23.4 Å². The van der Waals surface area contributed by atoms with Gasteiger partial charge in [0, 0.05) is 31.8 Å². The van der Waals surface area contributed by atoms with Crippen molar-refractivity contribution in [2.75, 3.05) is 26.8 Å². The molecule has 0 bridgehead atoms. The van der Waals surface area contributed by atoms with Gasteiger partial charge in [-0.1, -0.05) is 17.4 Å². The van der Waals surface area contributed by atoms with Crippen LogP contribution in [0.5, 0.6) is 5.75 Å². The van der Waals surface area contributed by atoms with Gasteiger partial charge in [0.2, 0.25) is 5.43 Å². The molecule has 1 unspecified atom stereocenters. The Kier molecular flexibility index (Phi) is 7.24. The number of amides is 1.